The Kier molecular flexibility index (Phi) is 6.79. The number of carbonyl (C=O) groups is 2. The van der Waals surface area contributed by atoms with Crippen molar-refractivity contribution in [1.82, 2.24) is 15.1 Å². The summed E-state index contributed by atoms with van der Waals surface area (Å²) in [5, 5.41) is 10.9. The van der Waals surface area contributed by atoms with Crippen LogP contribution in [0.4, 0.5) is 5.82 Å². The number of hydrogen-bond acceptors (Lipinski definition) is 5. The van der Waals surface area contributed by atoms with E-state index in [1.54, 1.807) is 40.7 Å². The Balaban J connectivity index is 1.38. The number of ether oxygens (including phenoxy) is 1. The van der Waals surface area contributed by atoms with E-state index in [1.807, 2.05) is 30.3 Å². The summed E-state index contributed by atoms with van der Waals surface area (Å²) >= 11 is 7.59. The molecule has 4 rings (SSSR count). The van der Waals surface area contributed by atoms with Gasteiger partial charge in [0.25, 0.3) is 5.91 Å². The molecule has 160 valence electrons. The molecule has 2 amide bonds. The van der Waals surface area contributed by atoms with E-state index in [2.05, 4.69) is 15.7 Å². The summed E-state index contributed by atoms with van der Waals surface area (Å²) < 4.78 is 7.08. The van der Waals surface area contributed by atoms with Crippen LogP contribution in [0.3, 0.4) is 0 Å². The quantitative estimate of drug-likeness (QED) is 0.540. The number of thioether (sulfide) groups is 1. The lowest BCUT2D eigenvalue weighted by Crippen LogP contribution is -2.29. The monoisotopic (exact) mass is 456 g/mol. The first-order chi connectivity index (χ1) is 15.1. The van der Waals surface area contributed by atoms with Gasteiger partial charge in [0.15, 0.2) is 6.61 Å². The maximum Gasteiger partial charge on any atom is 0.263 e. The van der Waals surface area contributed by atoms with Gasteiger partial charge in [-0.15, -0.1) is 0 Å². The van der Waals surface area contributed by atoms with Gasteiger partial charge in [-0.1, -0.05) is 41.9 Å². The van der Waals surface area contributed by atoms with Crippen LogP contribution >= 0.6 is 23.4 Å². The lowest BCUT2D eigenvalue weighted by Gasteiger charge is -2.12. The minimum Gasteiger partial charge on any atom is -0.484 e. The largest absolute Gasteiger partial charge is 0.484 e. The molecule has 0 bridgehead atoms. The zero-order valence-corrected chi connectivity index (χ0v) is 18.2. The van der Waals surface area contributed by atoms with Crippen LogP contribution in [0.15, 0.2) is 54.6 Å². The minimum absolute atomic E-state index is 0.0259. The average molecular weight is 457 g/mol. The zero-order chi connectivity index (χ0) is 21.6. The number of amides is 2. The summed E-state index contributed by atoms with van der Waals surface area (Å²) in [7, 11) is 0. The number of benzene rings is 2. The van der Waals surface area contributed by atoms with Crippen LogP contribution in [0.2, 0.25) is 5.02 Å². The summed E-state index contributed by atoms with van der Waals surface area (Å²) in [6, 6.07) is 16.5. The minimum atomic E-state index is -0.319. The Hall–Kier alpha value is -2.97. The summed E-state index contributed by atoms with van der Waals surface area (Å²) in [5.74, 6) is 2.12. The first-order valence-electron chi connectivity index (χ1n) is 9.73. The molecular weight excluding hydrogens is 436 g/mol. The Morgan fingerprint density at radius 1 is 1.06 bits per heavy atom. The molecule has 2 N–H and O–H groups in total. The van der Waals surface area contributed by atoms with Crippen molar-refractivity contribution < 1.29 is 14.3 Å². The molecule has 0 atom stereocenters. The number of nitrogens with one attached hydrogen (secondary N) is 2. The Labute approximate surface area is 189 Å². The van der Waals surface area contributed by atoms with Gasteiger partial charge in [-0.25, -0.2) is 4.68 Å². The van der Waals surface area contributed by atoms with E-state index in [9.17, 15) is 9.59 Å². The van der Waals surface area contributed by atoms with Crippen molar-refractivity contribution in [2.24, 2.45) is 0 Å². The van der Waals surface area contributed by atoms with Crippen LogP contribution < -0.4 is 15.4 Å². The highest BCUT2D eigenvalue weighted by Gasteiger charge is 2.25. The molecule has 3 aromatic rings. The van der Waals surface area contributed by atoms with Crippen molar-refractivity contribution in [3.63, 3.8) is 0 Å². The van der Waals surface area contributed by atoms with Gasteiger partial charge in [0.1, 0.15) is 18.1 Å². The first kappa shape index (κ1) is 21.3. The van der Waals surface area contributed by atoms with Crippen molar-refractivity contribution in [3.8, 4) is 5.75 Å². The lowest BCUT2D eigenvalue weighted by molar-refractivity contribution is -0.122. The summed E-state index contributed by atoms with van der Waals surface area (Å²) in [6.45, 7) is 0.306. The fourth-order valence-corrected chi connectivity index (χ4v) is 4.32. The molecule has 1 aliphatic heterocycles. The predicted octanol–water partition coefficient (Wildman–Crippen LogP) is 3.62. The predicted molar refractivity (Wildman–Crippen MR) is 121 cm³/mol. The second-order valence-electron chi connectivity index (χ2n) is 6.98. The fourth-order valence-electron chi connectivity index (χ4n) is 3.16. The molecule has 0 saturated carbocycles. The molecule has 0 spiro atoms. The number of halogens is 1. The molecule has 0 saturated heterocycles. The highest BCUT2D eigenvalue weighted by Crippen LogP contribution is 2.34. The van der Waals surface area contributed by atoms with Gasteiger partial charge in [-0.3, -0.25) is 9.59 Å². The van der Waals surface area contributed by atoms with E-state index in [4.69, 9.17) is 16.3 Å². The third kappa shape index (κ3) is 5.59. The highest BCUT2D eigenvalue weighted by atomic mass is 35.5. The average Bonchev–Trinajstić information content (AvgIpc) is 3.35. The van der Waals surface area contributed by atoms with Crippen LogP contribution in [-0.4, -0.2) is 28.2 Å². The molecule has 1 aliphatic rings. The molecule has 0 fully saturated rings. The zero-order valence-electron chi connectivity index (χ0n) is 16.6. The first-order valence-corrected chi connectivity index (χ1v) is 11.3. The number of rotatable bonds is 8. The maximum atomic E-state index is 12.5. The van der Waals surface area contributed by atoms with Crippen molar-refractivity contribution in [2.75, 3.05) is 11.9 Å². The second kappa shape index (κ2) is 9.89. The number of fused-ring (bicyclic) bond motifs is 1. The Morgan fingerprint density at radius 3 is 2.61 bits per heavy atom. The highest BCUT2D eigenvalue weighted by molar-refractivity contribution is 7.98. The summed E-state index contributed by atoms with van der Waals surface area (Å²) in [4.78, 5) is 25.0. The normalized spacial score (nSPS) is 12.3. The molecule has 9 heteroatoms. The second-order valence-corrected chi connectivity index (χ2v) is 8.40. The maximum absolute atomic E-state index is 12.5. The fraction of sp³-hybridized carbons (Fsp3) is 0.227. The van der Waals surface area contributed by atoms with Crippen molar-refractivity contribution >= 4 is 41.0 Å². The van der Waals surface area contributed by atoms with E-state index < -0.39 is 0 Å². The van der Waals surface area contributed by atoms with Gasteiger partial charge >= 0.3 is 0 Å². The summed E-state index contributed by atoms with van der Waals surface area (Å²) in [5.41, 5.74) is 2.87. The van der Waals surface area contributed by atoms with Crippen LogP contribution in [0.1, 0.15) is 16.8 Å². The number of aromatic nitrogens is 2. The Morgan fingerprint density at radius 2 is 1.84 bits per heavy atom. The summed E-state index contributed by atoms with van der Waals surface area (Å²) in [6.07, 6.45) is 0. The van der Waals surface area contributed by atoms with Gasteiger partial charge in [-0.2, -0.15) is 16.9 Å². The van der Waals surface area contributed by atoms with E-state index in [0.717, 1.165) is 28.3 Å². The van der Waals surface area contributed by atoms with Crippen molar-refractivity contribution in [2.45, 2.75) is 24.6 Å². The third-order valence-electron chi connectivity index (χ3n) is 4.69. The molecule has 2 aromatic carbocycles. The third-order valence-corrected chi connectivity index (χ3v) is 5.91. The Bertz CT molecular complexity index is 1070. The number of carbonyl (C=O) groups excluding carboxylic acids is 2. The molecule has 31 heavy (non-hydrogen) atoms. The van der Waals surface area contributed by atoms with Crippen molar-refractivity contribution in [3.05, 3.63) is 76.4 Å². The topological polar surface area (TPSA) is 85.2 Å². The molecular formula is C22H21ClN4O3S. The lowest BCUT2D eigenvalue weighted by atomic mass is 10.2. The van der Waals surface area contributed by atoms with Gasteiger partial charge < -0.3 is 15.4 Å². The van der Waals surface area contributed by atoms with E-state index >= 15 is 0 Å². The van der Waals surface area contributed by atoms with E-state index in [0.29, 0.717) is 23.1 Å². The molecule has 0 radical (unpaired) electrons. The molecule has 2 heterocycles. The van der Waals surface area contributed by atoms with Crippen LogP contribution in [0.5, 0.6) is 5.75 Å². The van der Waals surface area contributed by atoms with Crippen LogP contribution in [0.25, 0.3) is 0 Å². The van der Waals surface area contributed by atoms with E-state index in [-0.39, 0.29) is 25.0 Å². The van der Waals surface area contributed by atoms with Gasteiger partial charge in [-0.05, 0) is 29.8 Å². The molecule has 0 unspecified atom stereocenters. The number of anilines is 1. The van der Waals surface area contributed by atoms with E-state index in [1.165, 1.54) is 0 Å². The molecule has 0 aliphatic carbocycles. The SMILES string of the molecule is O=C(Cn1nc2c(c1NC(=O)COc1ccc(Cl)cc1)CSC2)NCc1ccccc1. The van der Waals surface area contributed by atoms with Crippen LogP contribution in [0, 0.1) is 0 Å². The van der Waals surface area contributed by atoms with Crippen LogP contribution in [-0.2, 0) is 34.2 Å². The standard InChI is InChI=1S/C22H21ClN4O3S/c23-16-6-8-17(9-7-16)30-12-21(29)25-22-18-13-31-14-19(18)26-27(22)11-20(28)24-10-15-4-2-1-3-5-15/h1-9H,10-14H2,(H,24,28)(H,25,29). The van der Waals surface area contributed by atoms with Gasteiger partial charge in [0, 0.05) is 28.6 Å². The number of hydrogen-bond donors (Lipinski definition) is 2. The number of nitrogens with zero attached hydrogens (tertiary/aromatic N) is 2. The smallest absolute Gasteiger partial charge is 0.263 e. The van der Waals surface area contributed by atoms with Gasteiger partial charge in [0.05, 0.1) is 5.69 Å². The molecule has 7 nitrogen and oxygen atoms in total. The van der Waals surface area contributed by atoms with Gasteiger partial charge in [0.2, 0.25) is 5.91 Å². The molecule has 1 aromatic heterocycles. The van der Waals surface area contributed by atoms with Crippen molar-refractivity contribution in [1.29, 1.82) is 0 Å².